The standard InChI is InChI=1S/C17H24N2O2/c1-4-10-18-16(20)11-19-12(3)17-13(5-2)14-8-6-7-9-15(14)21-17/h6-9,12,19H,4-5,10-11H2,1-3H3,(H,18,20). The molecule has 0 fully saturated rings. The van der Waals surface area contributed by atoms with Crippen LogP contribution in [0.25, 0.3) is 11.0 Å². The molecule has 114 valence electrons. The van der Waals surface area contributed by atoms with Gasteiger partial charge < -0.3 is 9.73 Å². The molecule has 1 unspecified atom stereocenters. The lowest BCUT2D eigenvalue weighted by atomic mass is 10.1. The zero-order valence-corrected chi connectivity index (χ0v) is 13.0. The van der Waals surface area contributed by atoms with Crippen LogP contribution in [0.15, 0.2) is 28.7 Å². The zero-order valence-electron chi connectivity index (χ0n) is 13.0. The molecule has 2 N–H and O–H groups in total. The quantitative estimate of drug-likeness (QED) is 0.823. The van der Waals surface area contributed by atoms with E-state index in [0.29, 0.717) is 6.54 Å². The van der Waals surface area contributed by atoms with Crippen LogP contribution in [0.2, 0.25) is 0 Å². The second-order valence-corrected chi connectivity index (χ2v) is 5.25. The lowest BCUT2D eigenvalue weighted by Gasteiger charge is -2.13. The van der Waals surface area contributed by atoms with E-state index in [4.69, 9.17) is 4.42 Å². The van der Waals surface area contributed by atoms with Gasteiger partial charge in [0, 0.05) is 17.5 Å². The topological polar surface area (TPSA) is 54.3 Å². The Kier molecular flexibility index (Phi) is 5.39. The third-order valence-electron chi connectivity index (χ3n) is 3.62. The second kappa shape index (κ2) is 7.27. The molecule has 2 aromatic rings. The maximum Gasteiger partial charge on any atom is 0.233 e. The smallest absolute Gasteiger partial charge is 0.233 e. The maximum atomic E-state index is 11.7. The number of para-hydroxylation sites is 1. The molecule has 0 aliphatic heterocycles. The van der Waals surface area contributed by atoms with Crippen molar-refractivity contribution in [2.75, 3.05) is 13.1 Å². The van der Waals surface area contributed by atoms with Gasteiger partial charge in [0.15, 0.2) is 0 Å². The molecule has 21 heavy (non-hydrogen) atoms. The Bertz CT molecular complexity index is 604. The van der Waals surface area contributed by atoms with Crippen LogP contribution in [-0.2, 0) is 11.2 Å². The van der Waals surface area contributed by atoms with E-state index in [9.17, 15) is 4.79 Å². The van der Waals surface area contributed by atoms with Crippen LogP contribution in [0.1, 0.15) is 44.6 Å². The molecule has 1 aromatic heterocycles. The van der Waals surface area contributed by atoms with Crippen molar-refractivity contribution in [1.82, 2.24) is 10.6 Å². The summed E-state index contributed by atoms with van der Waals surface area (Å²) in [6, 6.07) is 8.09. The predicted molar refractivity (Wildman–Crippen MR) is 85.3 cm³/mol. The van der Waals surface area contributed by atoms with Crippen LogP contribution in [0.4, 0.5) is 0 Å². The number of rotatable bonds is 7. The van der Waals surface area contributed by atoms with Crippen LogP contribution in [0.5, 0.6) is 0 Å². The van der Waals surface area contributed by atoms with Crippen molar-refractivity contribution in [2.45, 2.75) is 39.7 Å². The SMILES string of the molecule is CCCNC(=O)CNC(C)c1oc2ccccc2c1CC. The van der Waals surface area contributed by atoms with Crippen molar-refractivity contribution in [2.24, 2.45) is 0 Å². The highest BCUT2D eigenvalue weighted by atomic mass is 16.3. The maximum absolute atomic E-state index is 11.7. The highest BCUT2D eigenvalue weighted by Crippen LogP contribution is 2.30. The van der Waals surface area contributed by atoms with E-state index in [1.807, 2.05) is 32.0 Å². The van der Waals surface area contributed by atoms with Crippen molar-refractivity contribution in [1.29, 1.82) is 0 Å². The summed E-state index contributed by atoms with van der Waals surface area (Å²) in [5.41, 5.74) is 2.13. The lowest BCUT2D eigenvalue weighted by molar-refractivity contribution is -0.120. The van der Waals surface area contributed by atoms with E-state index < -0.39 is 0 Å². The van der Waals surface area contributed by atoms with E-state index in [1.54, 1.807) is 0 Å². The van der Waals surface area contributed by atoms with E-state index in [1.165, 1.54) is 10.9 Å². The minimum absolute atomic E-state index is 0.0136. The van der Waals surface area contributed by atoms with Crippen molar-refractivity contribution in [3.63, 3.8) is 0 Å². The summed E-state index contributed by atoms with van der Waals surface area (Å²) < 4.78 is 5.97. The molecule has 0 saturated heterocycles. The molecule has 1 atom stereocenters. The van der Waals surface area contributed by atoms with E-state index in [0.717, 1.165) is 30.7 Å². The number of carbonyl (C=O) groups excluding carboxylic acids is 1. The van der Waals surface area contributed by atoms with Gasteiger partial charge in [0.25, 0.3) is 0 Å². The van der Waals surface area contributed by atoms with Crippen LogP contribution >= 0.6 is 0 Å². The van der Waals surface area contributed by atoms with Gasteiger partial charge in [-0.15, -0.1) is 0 Å². The van der Waals surface area contributed by atoms with Gasteiger partial charge in [-0.2, -0.15) is 0 Å². The Morgan fingerprint density at radius 2 is 2.05 bits per heavy atom. The zero-order chi connectivity index (χ0) is 15.2. The average Bonchev–Trinajstić information content (AvgIpc) is 2.89. The Morgan fingerprint density at radius 3 is 2.76 bits per heavy atom. The third kappa shape index (κ3) is 3.64. The summed E-state index contributed by atoms with van der Waals surface area (Å²) in [6.45, 7) is 7.23. The number of hydrogen-bond donors (Lipinski definition) is 2. The van der Waals surface area contributed by atoms with Gasteiger partial charge in [-0.3, -0.25) is 10.1 Å². The van der Waals surface area contributed by atoms with Gasteiger partial charge >= 0.3 is 0 Å². The molecule has 1 aromatic carbocycles. The fraction of sp³-hybridized carbons (Fsp3) is 0.471. The van der Waals surface area contributed by atoms with Crippen molar-refractivity contribution < 1.29 is 9.21 Å². The van der Waals surface area contributed by atoms with Crippen molar-refractivity contribution in [3.8, 4) is 0 Å². The fourth-order valence-electron chi connectivity index (χ4n) is 2.50. The highest BCUT2D eigenvalue weighted by molar-refractivity contribution is 5.82. The highest BCUT2D eigenvalue weighted by Gasteiger charge is 2.18. The monoisotopic (exact) mass is 288 g/mol. The van der Waals surface area contributed by atoms with Crippen molar-refractivity contribution in [3.05, 3.63) is 35.6 Å². The van der Waals surface area contributed by atoms with E-state index in [2.05, 4.69) is 23.6 Å². The number of fused-ring (bicyclic) bond motifs is 1. The molecule has 0 radical (unpaired) electrons. The molecule has 1 amide bonds. The number of hydrogen-bond acceptors (Lipinski definition) is 3. The summed E-state index contributed by atoms with van der Waals surface area (Å²) in [5, 5.41) is 7.27. The molecule has 0 spiro atoms. The average molecular weight is 288 g/mol. The van der Waals surface area contributed by atoms with Gasteiger partial charge in [0.2, 0.25) is 5.91 Å². The number of aryl methyl sites for hydroxylation is 1. The number of carbonyl (C=O) groups is 1. The fourth-order valence-corrected chi connectivity index (χ4v) is 2.50. The number of amides is 1. The van der Waals surface area contributed by atoms with Crippen LogP contribution < -0.4 is 10.6 Å². The van der Waals surface area contributed by atoms with Crippen molar-refractivity contribution >= 4 is 16.9 Å². The molecule has 0 saturated carbocycles. The molecule has 0 bridgehead atoms. The summed E-state index contributed by atoms with van der Waals surface area (Å²) in [4.78, 5) is 11.7. The summed E-state index contributed by atoms with van der Waals surface area (Å²) in [6.07, 6.45) is 1.87. The Morgan fingerprint density at radius 1 is 1.29 bits per heavy atom. The first-order valence-electron chi connectivity index (χ1n) is 7.67. The van der Waals surface area contributed by atoms with E-state index in [-0.39, 0.29) is 11.9 Å². The van der Waals surface area contributed by atoms with E-state index >= 15 is 0 Å². The first kappa shape index (κ1) is 15.6. The third-order valence-corrected chi connectivity index (χ3v) is 3.62. The van der Waals surface area contributed by atoms with Gasteiger partial charge in [-0.25, -0.2) is 0 Å². The summed E-state index contributed by atoms with van der Waals surface area (Å²) in [7, 11) is 0. The Hall–Kier alpha value is -1.81. The first-order chi connectivity index (χ1) is 10.2. The lowest BCUT2D eigenvalue weighted by Crippen LogP contribution is -2.35. The molecular formula is C17H24N2O2. The molecular weight excluding hydrogens is 264 g/mol. The van der Waals surface area contributed by atoms with Gasteiger partial charge in [0.1, 0.15) is 11.3 Å². The normalized spacial score (nSPS) is 12.5. The van der Waals surface area contributed by atoms with Crippen LogP contribution in [0.3, 0.4) is 0 Å². The Balaban J connectivity index is 2.08. The molecule has 0 aliphatic carbocycles. The Labute approximate surface area is 125 Å². The molecule has 1 heterocycles. The van der Waals surface area contributed by atoms with Gasteiger partial charge in [-0.05, 0) is 25.8 Å². The number of furan rings is 1. The van der Waals surface area contributed by atoms with Gasteiger partial charge in [-0.1, -0.05) is 32.0 Å². The van der Waals surface area contributed by atoms with Crippen LogP contribution in [0, 0.1) is 0 Å². The molecule has 2 rings (SSSR count). The first-order valence-corrected chi connectivity index (χ1v) is 7.67. The largest absolute Gasteiger partial charge is 0.459 e. The number of nitrogens with one attached hydrogen (secondary N) is 2. The molecule has 4 nitrogen and oxygen atoms in total. The minimum atomic E-state index is 0.0136. The summed E-state index contributed by atoms with van der Waals surface area (Å²) in [5.74, 6) is 0.958. The van der Waals surface area contributed by atoms with Gasteiger partial charge in [0.05, 0.1) is 12.6 Å². The molecule has 0 aliphatic rings. The second-order valence-electron chi connectivity index (χ2n) is 5.25. The van der Waals surface area contributed by atoms with Crippen LogP contribution in [-0.4, -0.2) is 19.0 Å². The number of benzene rings is 1. The minimum Gasteiger partial charge on any atom is -0.459 e. The summed E-state index contributed by atoms with van der Waals surface area (Å²) >= 11 is 0. The molecule has 4 heteroatoms. The predicted octanol–water partition coefficient (Wildman–Crippen LogP) is 3.17.